The Morgan fingerprint density at radius 2 is 2.14 bits per heavy atom. The number of nitriles is 1. The number of hydrogen-bond donors (Lipinski definition) is 2. The number of hydrogen-bond acceptors (Lipinski definition) is 6. The second-order valence-corrected chi connectivity index (χ2v) is 6.52. The maximum absolute atomic E-state index is 12.2. The second kappa shape index (κ2) is 5.67. The molecule has 1 aromatic rings. The number of nitro benzene ring substituents is 1. The van der Waals surface area contributed by atoms with Crippen LogP contribution in [-0.4, -0.2) is 24.5 Å². The molecular formula is C12H13N3O5S. The molecule has 0 aromatic heterocycles. The summed E-state index contributed by atoms with van der Waals surface area (Å²) in [6, 6.07) is 4.40. The van der Waals surface area contributed by atoms with Crippen molar-refractivity contribution < 1.29 is 18.4 Å². The fourth-order valence-corrected chi connectivity index (χ4v) is 3.67. The quantitative estimate of drug-likeness (QED) is 0.635. The number of nitrogens with zero attached hydrogens (tertiary/aromatic N) is 2. The van der Waals surface area contributed by atoms with E-state index in [0.29, 0.717) is 12.8 Å². The number of benzene rings is 1. The van der Waals surface area contributed by atoms with Gasteiger partial charge in [-0.25, -0.2) is 13.1 Å². The molecule has 0 heterocycles. The first kappa shape index (κ1) is 15.2. The van der Waals surface area contributed by atoms with Gasteiger partial charge >= 0.3 is 5.69 Å². The van der Waals surface area contributed by atoms with E-state index in [1.807, 2.05) is 0 Å². The van der Waals surface area contributed by atoms with Gasteiger partial charge in [-0.3, -0.25) is 10.1 Å². The molecule has 0 aliphatic heterocycles. The summed E-state index contributed by atoms with van der Waals surface area (Å²) in [5, 5.41) is 29.0. The van der Waals surface area contributed by atoms with E-state index in [2.05, 4.69) is 10.8 Å². The van der Waals surface area contributed by atoms with Gasteiger partial charge in [0, 0.05) is 12.1 Å². The van der Waals surface area contributed by atoms with E-state index in [4.69, 9.17) is 5.26 Å². The Hall–Kier alpha value is -2.18. The highest BCUT2D eigenvalue weighted by molar-refractivity contribution is 7.89. The maximum atomic E-state index is 12.2. The third-order valence-electron chi connectivity index (χ3n) is 3.44. The molecule has 21 heavy (non-hydrogen) atoms. The third-order valence-corrected chi connectivity index (χ3v) is 4.93. The summed E-state index contributed by atoms with van der Waals surface area (Å²) in [6.45, 7) is 0. The van der Waals surface area contributed by atoms with Crippen LogP contribution in [0.4, 0.5) is 5.69 Å². The van der Waals surface area contributed by atoms with Crippen LogP contribution in [0.2, 0.25) is 0 Å². The molecule has 2 unspecified atom stereocenters. The molecule has 2 rings (SSSR count). The van der Waals surface area contributed by atoms with Crippen LogP contribution in [0.25, 0.3) is 0 Å². The number of aromatic hydroxyl groups is 1. The van der Waals surface area contributed by atoms with Crippen molar-refractivity contribution in [3.05, 3.63) is 28.3 Å². The molecular weight excluding hydrogens is 298 g/mol. The number of phenols is 1. The summed E-state index contributed by atoms with van der Waals surface area (Å²) in [5.41, 5.74) is -0.680. The van der Waals surface area contributed by atoms with Crippen molar-refractivity contribution in [2.75, 3.05) is 0 Å². The van der Waals surface area contributed by atoms with Crippen molar-refractivity contribution >= 4 is 15.7 Å². The van der Waals surface area contributed by atoms with Crippen LogP contribution in [0, 0.1) is 27.4 Å². The lowest BCUT2D eigenvalue weighted by Gasteiger charge is -2.15. The zero-order valence-electron chi connectivity index (χ0n) is 10.9. The van der Waals surface area contributed by atoms with E-state index in [9.17, 15) is 23.6 Å². The Labute approximate surface area is 121 Å². The fraction of sp³-hybridized carbons (Fsp3) is 0.417. The molecule has 0 saturated heterocycles. The van der Waals surface area contributed by atoms with E-state index in [-0.39, 0.29) is 4.90 Å². The average Bonchev–Trinajstić information content (AvgIpc) is 2.85. The average molecular weight is 311 g/mol. The lowest BCUT2D eigenvalue weighted by molar-refractivity contribution is -0.386. The second-order valence-electron chi connectivity index (χ2n) is 4.80. The predicted octanol–water partition coefficient (Wildman–Crippen LogP) is 1.27. The van der Waals surface area contributed by atoms with Crippen molar-refractivity contribution in [1.82, 2.24) is 4.72 Å². The first-order valence-corrected chi connectivity index (χ1v) is 7.73. The molecule has 0 radical (unpaired) electrons. The molecule has 1 aliphatic rings. The SMILES string of the molecule is N#CC1CCCC1NS(=O)(=O)c1ccc(O)c([N+](=O)[O-])c1. The molecule has 8 nitrogen and oxygen atoms in total. The largest absolute Gasteiger partial charge is 0.502 e. The van der Waals surface area contributed by atoms with E-state index >= 15 is 0 Å². The van der Waals surface area contributed by atoms with E-state index in [0.717, 1.165) is 24.6 Å². The molecule has 1 aliphatic carbocycles. The lowest BCUT2D eigenvalue weighted by Crippen LogP contribution is -2.36. The van der Waals surface area contributed by atoms with Crippen LogP contribution in [0.5, 0.6) is 5.75 Å². The van der Waals surface area contributed by atoms with Crippen molar-refractivity contribution in [2.45, 2.75) is 30.2 Å². The van der Waals surface area contributed by atoms with Crippen LogP contribution in [0.1, 0.15) is 19.3 Å². The molecule has 1 aromatic carbocycles. The number of nitrogens with one attached hydrogen (secondary N) is 1. The van der Waals surface area contributed by atoms with Crippen LogP contribution >= 0.6 is 0 Å². The summed E-state index contributed by atoms with van der Waals surface area (Å²) < 4.78 is 26.8. The normalized spacial score (nSPS) is 21.9. The molecule has 1 saturated carbocycles. The van der Waals surface area contributed by atoms with Gasteiger partial charge < -0.3 is 5.11 Å². The summed E-state index contributed by atoms with van der Waals surface area (Å²) in [5.74, 6) is -0.999. The molecule has 0 spiro atoms. The van der Waals surface area contributed by atoms with E-state index < -0.39 is 38.3 Å². The Morgan fingerprint density at radius 1 is 1.43 bits per heavy atom. The van der Waals surface area contributed by atoms with Crippen LogP contribution in [-0.2, 0) is 10.0 Å². The van der Waals surface area contributed by atoms with Gasteiger partial charge in [0.2, 0.25) is 10.0 Å². The highest BCUT2D eigenvalue weighted by Crippen LogP contribution is 2.30. The van der Waals surface area contributed by atoms with Crippen LogP contribution in [0.15, 0.2) is 23.1 Å². The van der Waals surface area contributed by atoms with Gasteiger partial charge in [-0.1, -0.05) is 6.42 Å². The molecule has 0 bridgehead atoms. The smallest absolute Gasteiger partial charge is 0.312 e. The molecule has 1 fully saturated rings. The minimum Gasteiger partial charge on any atom is -0.502 e. The monoisotopic (exact) mass is 311 g/mol. The van der Waals surface area contributed by atoms with Crippen molar-refractivity contribution in [2.24, 2.45) is 5.92 Å². The van der Waals surface area contributed by atoms with Gasteiger partial charge in [0.25, 0.3) is 0 Å². The van der Waals surface area contributed by atoms with Gasteiger partial charge in [-0.2, -0.15) is 5.26 Å². The van der Waals surface area contributed by atoms with Crippen molar-refractivity contribution in [3.63, 3.8) is 0 Å². The van der Waals surface area contributed by atoms with Gasteiger partial charge in [-0.15, -0.1) is 0 Å². The number of rotatable bonds is 4. The lowest BCUT2D eigenvalue weighted by atomic mass is 10.1. The maximum Gasteiger partial charge on any atom is 0.312 e. The first-order valence-electron chi connectivity index (χ1n) is 6.24. The van der Waals surface area contributed by atoms with Gasteiger partial charge in [0.05, 0.1) is 21.8 Å². The van der Waals surface area contributed by atoms with Gasteiger partial charge in [-0.05, 0) is 25.0 Å². The molecule has 2 N–H and O–H groups in total. The Bertz CT molecular complexity index is 710. The summed E-state index contributed by atoms with van der Waals surface area (Å²) in [6.07, 6.45) is 1.93. The number of phenolic OH excluding ortho intramolecular Hbond substituents is 1. The fourth-order valence-electron chi connectivity index (χ4n) is 2.34. The van der Waals surface area contributed by atoms with Gasteiger partial charge in [0.15, 0.2) is 5.75 Å². The summed E-state index contributed by atoms with van der Waals surface area (Å²) in [4.78, 5) is 9.56. The van der Waals surface area contributed by atoms with Crippen molar-refractivity contribution in [1.29, 1.82) is 5.26 Å². The highest BCUT2D eigenvalue weighted by Gasteiger charge is 2.32. The number of nitro groups is 1. The molecule has 0 amide bonds. The zero-order valence-corrected chi connectivity index (χ0v) is 11.7. The Kier molecular flexibility index (Phi) is 4.11. The van der Waals surface area contributed by atoms with Crippen LogP contribution < -0.4 is 4.72 Å². The zero-order chi connectivity index (χ0) is 15.6. The van der Waals surface area contributed by atoms with Crippen molar-refractivity contribution in [3.8, 4) is 11.8 Å². The van der Waals surface area contributed by atoms with Gasteiger partial charge in [0.1, 0.15) is 0 Å². The third kappa shape index (κ3) is 3.12. The standard InChI is InChI=1S/C12H13N3O5S/c13-7-8-2-1-3-10(8)14-21(19,20)9-4-5-12(16)11(6-9)15(17)18/h4-6,8,10,14,16H,1-3H2. The Morgan fingerprint density at radius 3 is 2.76 bits per heavy atom. The number of sulfonamides is 1. The first-order chi connectivity index (χ1) is 9.85. The predicted molar refractivity (Wildman–Crippen MR) is 71.8 cm³/mol. The Balaban J connectivity index is 2.30. The topological polar surface area (TPSA) is 133 Å². The molecule has 9 heteroatoms. The highest BCUT2D eigenvalue weighted by atomic mass is 32.2. The summed E-state index contributed by atoms with van der Waals surface area (Å²) in [7, 11) is -3.98. The van der Waals surface area contributed by atoms with Crippen LogP contribution in [0.3, 0.4) is 0 Å². The summed E-state index contributed by atoms with van der Waals surface area (Å²) >= 11 is 0. The van der Waals surface area contributed by atoms with E-state index in [1.165, 1.54) is 0 Å². The molecule has 2 atom stereocenters. The minimum absolute atomic E-state index is 0.310. The minimum atomic E-state index is -3.98. The van der Waals surface area contributed by atoms with E-state index in [1.54, 1.807) is 0 Å². The molecule has 112 valence electrons.